The molecule has 96 valence electrons. The first-order valence-corrected chi connectivity index (χ1v) is 6.29. The van der Waals surface area contributed by atoms with Crippen LogP contribution >= 0.6 is 0 Å². The van der Waals surface area contributed by atoms with Crippen LogP contribution in [-0.2, 0) is 14.2 Å². The summed E-state index contributed by atoms with van der Waals surface area (Å²) in [6.07, 6.45) is 2.13. The fourth-order valence-corrected chi connectivity index (χ4v) is 2.04. The molecule has 1 rings (SSSR count). The molecule has 0 saturated carbocycles. The average molecular weight is 231 g/mol. The topological polar surface area (TPSA) is 30.9 Å². The Morgan fingerprint density at radius 1 is 1.19 bits per heavy atom. The lowest BCUT2D eigenvalue weighted by molar-refractivity contribution is -0.150. The first-order chi connectivity index (χ1) is 7.77. The third-order valence-electron chi connectivity index (χ3n) is 2.96. The largest absolute Gasteiger partial charge is 0.381 e. The summed E-state index contributed by atoms with van der Waals surface area (Å²) in [5.41, 5.74) is 0. The molecule has 0 spiro atoms. The molecule has 0 aromatic rings. The van der Waals surface area contributed by atoms with E-state index in [9.17, 15) is 0 Å². The number of ether oxygens (including phenoxy) is 3. The molecule has 0 amide bonds. The zero-order chi connectivity index (χ0) is 11.8. The van der Waals surface area contributed by atoms with Crippen molar-refractivity contribution in [3.63, 3.8) is 0 Å². The van der Waals surface area contributed by atoms with E-state index in [1.54, 1.807) is 0 Å². The third kappa shape index (κ3) is 4.78. The summed E-state index contributed by atoms with van der Waals surface area (Å²) >= 11 is 0. The Morgan fingerprint density at radius 3 is 2.25 bits per heavy atom. The average Bonchev–Trinajstić information content (AvgIpc) is 2.31. The summed E-state index contributed by atoms with van der Waals surface area (Å²) in [4.78, 5) is 2.33. The maximum atomic E-state index is 5.55. The smallest absolute Gasteiger partial charge is 0.170 e. The Balaban J connectivity index is 2.30. The Hall–Kier alpha value is -0.160. The van der Waals surface area contributed by atoms with Gasteiger partial charge in [0, 0.05) is 39.0 Å². The fourth-order valence-electron chi connectivity index (χ4n) is 2.04. The molecule has 4 nitrogen and oxygen atoms in total. The predicted octanol–water partition coefficient (Wildman–Crippen LogP) is 1.50. The molecule has 0 radical (unpaired) electrons. The van der Waals surface area contributed by atoms with Crippen LogP contribution in [-0.4, -0.2) is 57.3 Å². The second-order valence-corrected chi connectivity index (χ2v) is 4.12. The number of hydrogen-bond acceptors (Lipinski definition) is 4. The van der Waals surface area contributed by atoms with Gasteiger partial charge in [0.2, 0.25) is 0 Å². The van der Waals surface area contributed by atoms with Gasteiger partial charge in [-0.05, 0) is 33.7 Å². The molecule has 1 heterocycles. The Labute approximate surface area is 98.8 Å². The van der Waals surface area contributed by atoms with E-state index in [2.05, 4.69) is 11.9 Å². The maximum Gasteiger partial charge on any atom is 0.170 e. The number of nitrogens with zero attached hydrogens (tertiary/aromatic N) is 1. The zero-order valence-electron chi connectivity index (χ0n) is 10.8. The quantitative estimate of drug-likeness (QED) is 0.621. The number of hydrogen-bond donors (Lipinski definition) is 0. The van der Waals surface area contributed by atoms with Crippen LogP contribution < -0.4 is 0 Å². The van der Waals surface area contributed by atoms with Gasteiger partial charge in [0.25, 0.3) is 0 Å². The highest BCUT2D eigenvalue weighted by Crippen LogP contribution is 2.13. The van der Waals surface area contributed by atoms with Crippen LogP contribution in [0, 0.1) is 0 Å². The second-order valence-electron chi connectivity index (χ2n) is 4.12. The van der Waals surface area contributed by atoms with Gasteiger partial charge in [-0.1, -0.05) is 0 Å². The SMILES string of the molecule is CCOC(CN(C)C1CCOCC1)OCC. The lowest BCUT2D eigenvalue weighted by Gasteiger charge is -2.33. The maximum absolute atomic E-state index is 5.55. The van der Waals surface area contributed by atoms with Gasteiger partial charge in [-0.2, -0.15) is 0 Å². The lowest BCUT2D eigenvalue weighted by Crippen LogP contribution is -2.42. The van der Waals surface area contributed by atoms with Crippen molar-refractivity contribution in [1.29, 1.82) is 0 Å². The van der Waals surface area contributed by atoms with Crippen molar-refractivity contribution in [3.05, 3.63) is 0 Å². The number of likely N-dealkylation sites (N-methyl/N-ethyl adjacent to an activating group) is 1. The van der Waals surface area contributed by atoms with Crippen LogP contribution in [0.1, 0.15) is 26.7 Å². The summed E-state index contributed by atoms with van der Waals surface area (Å²) in [5, 5.41) is 0. The summed E-state index contributed by atoms with van der Waals surface area (Å²) in [5.74, 6) is 0. The minimum Gasteiger partial charge on any atom is -0.381 e. The molecule has 16 heavy (non-hydrogen) atoms. The molecule has 0 aliphatic carbocycles. The molecule has 0 N–H and O–H groups in total. The standard InChI is InChI=1S/C12H25NO3/c1-4-15-12(16-5-2)10-13(3)11-6-8-14-9-7-11/h11-12H,4-10H2,1-3H3. The van der Waals surface area contributed by atoms with Crippen LogP contribution in [0.3, 0.4) is 0 Å². The Kier molecular flexibility index (Phi) is 6.96. The van der Waals surface area contributed by atoms with Crippen molar-refractivity contribution in [2.75, 3.05) is 40.0 Å². The van der Waals surface area contributed by atoms with Crippen molar-refractivity contribution in [2.24, 2.45) is 0 Å². The van der Waals surface area contributed by atoms with Crippen LogP contribution in [0.4, 0.5) is 0 Å². The van der Waals surface area contributed by atoms with Crippen LogP contribution in [0.25, 0.3) is 0 Å². The van der Waals surface area contributed by atoms with E-state index in [4.69, 9.17) is 14.2 Å². The first kappa shape index (κ1) is 13.9. The molecule has 1 aliphatic rings. The van der Waals surface area contributed by atoms with Crippen molar-refractivity contribution >= 4 is 0 Å². The van der Waals surface area contributed by atoms with E-state index in [1.165, 1.54) is 0 Å². The summed E-state index contributed by atoms with van der Waals surface area (Å²) in [7, 11) is 2.14. The Morgan fingerprint density at radius 2 is 1.75 bits per heavy atom. The van der Waals surface area contributed by atoms with Crippen molar-refractivity contribution < 1.29 is 14.2 Å². The molecule has 1 fully saturated rings. The van der Waals surface area contributed by atoms with E-state index < -0.39 is 0 Å². The second kappa shape index (κ2) is 8.01. The molecule has 0 unspecified atom stereocenters. The van der Waals surface area contributed by atoms with E-state index in [0.29, 0.717) is 19.3 Å². The molecule has 1 saturated heterocycles. The van der Waals surface area contributed by atoms with Crippen LogP contribution in [0.15, 0.2) is 0 Å². The summed E-state index contributed by atoms with van der Waals surface area (Å²) in [6.45, 7) is 8.00. The molecular formula is C12H25NO3. The van der Waals surface area contributed by atoms with Gasteiger partial charge in [0.15, 0.2) is 6.29 Å². The molecule has 4 heteroatoms. The van der Waals surface area contributed by atoms with Gasteiger partial charge in [0.1, 0.15) is 0 Å². The van der Waals surface area contributed by atoms with Crippen LogP contribution in [0.2, 0.25) is 0 Å². The van der Waals surface area contributed by atoms with Crippen molar-refractivity contribution in [1.82, 2.24) is 4.90 Å². The monoisotopic (exact) mass is 231 g/mol. The molecular weight excluding hydrogens is 206 g/mol. The van der Waals surface area contributed by atoms with Gasteiger partial charge < -0.3 is 14.2 Å². The van der Waals surface area contributed by atoms with Crippen molar-refractivity contribution in [3.8, 4) is 0 Å². The molecule has 1 aliphatic heterocycles. The van der Waals surface area contributed by atoms with Crippen molar-refractivity contribution in [2.45, 2.75) is 39.0 Å². The van der Waals surface area contributed by atoms with Gasteiger partial charge >= 0.3 is 0 Å². The zero-order valence-corrected chi connectivity index (χ0v) is 10.8. The van der Waals surface area contributed by atoms with Crippen LogP contribution in [0.5, 0.6) is 0 Å². The molecule has 0 aromatic carbocycles. The number of rotatable bonds is 7. The van der Waals surface area contributed by atoms with Gasteiger partial charge in [-0.25, -0.2) is 0 Å². The molecule has 0 atom stereocenters. The fraction of sp³-hybridized carbons (Fsp3) is 1.00. The third-order valence-corrected chi connectivity index (χ3v) is 2.96. The summed E-state index contributed by atoms with van der Waals surface area (Å²) in [6, 6.07) is 0.608. The minimum atomic E-state index is -0.0946. The highest BCUT2D eigenvalue weighted by Gasteiger charge is 2.21. The van der Waals surface area contributed by atoms with Gasteiger partial charge in [0.05, 0.1) is 0 Å². The normalized spacial score (nSPS) is 18.6. The van der Waals surface area contributed by atoms with Gasteiger partial charge in [-0.15, -0.1) is 0 Å². The highest BCUT2D eigenvalue weighted by atomic mass is 16.7. The molecule has 0 bridgehead atoms. The van der Waals surface area contributed by atoms with E-state index >= 15 is 0 Å². The molecule has 0 aromatic heterocycles. The highest BCUT2D eigenvalue weighted by molar-refractivity contribution is 4.72. The van der Waals surface area contributed by atoms with E-state index in [0.717, 1.165) is 32.6 Å². The lowest BCUT2D eigenvalue weighted by atomic mass is 10.1. The predicted molar refractivity (Wildman–Crippen MR) is 63.5 cm³/mol. The Bertz CT molecular complexity index is 166. The van der Waals surface area contributed by atoms with E-state index in [1.807, 2.05) is 13.8 Å². The first-order valence-electron chi connectivity index (χ1n) is 6.29. The summed E-state index contributed by atoms with van der Waals surface area (Å²) < 4.78 is 16.5. The van der Waals surface area contributed by atoms with Gasteiger partial charge in [-0.3, -0.25) is 4.90 Å². The minimum absolute atomic E-state index is 0.0946. The van der Waals surface area contributed by atoms with E-state index in [-0.39, 0.29) is 6.29 Å².